The molecule has 7 nitrogen and oxygen atoms in total. The van der Waals surface area contributed by atoms with Crippen LogP contribution in [0.1, 0.15) is 22.8 Å². The third-order valence-electron chi connectivity index (χ3n) is 5.17. The van der Waals surface area contributed by atoms with Crippen LogP contribution in [0.4, 0.5) is 11.6 Å². The highest BCUT2D eigenvalue weighted by Gasteiger charge is 2.19. The van der Waals surface area contributed by atoms with E-state index < -0.39 is 0 Å². The fourth-order valence-electron chi connectivity index (χ4n) is 3.56. The minimum Gasteiger partial charge on any atom is -0.495 e. The Balaban J connectivity index is 1.60. The minimum atomic E-state index is 0.0193. The molecule has 1 aromatic heterocycles. The third-order valence-corrected chi connectivity index (χ3v) is 5.17. The van der Waals surface area contributed by atoms with Crippen molar-refractivity contribution in [2.24, 2.45) is 0 Å². The summed E-state index contributed by atoms with van der Waals surface area (Å²) in [6.07, 6.45) is 2.72. The Hall–Kier alpha value is -3.19. The van der Waals surface area contributed by atoms with Gasteiger partial charge in [0.15, 0.2) is 0 Å². The first-order valence-electron chi connectivity index (χ1n) is 9.89. The lowest BCUT2D eigenvalue weighted by Gasteiger charge is -2.27. The van der Waals surface area contributed by atoms with Gasteiger partial charge in [-0.3, -0.25) is 4.79 Å². The number of benzene rings is 2. The summed E-state index contributed by atoms with van der Waals surface area (Å²) in [7, 11) is 1.59. The van der Waals surface area contributed by atoms with E-state index >= 15 is 0 Å². The fourth-order valence-corrected chi connectivity index (χ4v) is 3.56. The predicted octanol–water partition coefficient (Wildman–Crippen LogP) is 2.99. The Bertz CT molecular complexity index is 1030. The number of methoxy groups -OCH3 is 1. The summed E-state index contributed by atoms with van der Waals surface area (Å²) in [4.78, 5) is 23.7. The van der Waals surface area contributed by atoms with Crippen molar-refractivity contribution in [3.8, 4) is 5.75 Å². The van der Waals surface area contributed by atoms with Crippen LogP contribution < -0.4 is 15.4 Å². The minimum absolute atomic E-state index is 0.0193. The normalized spacial score (nSPS) is 14.1. The molecule has 2 heterocycles. The number of para-hydroxylation sites is 1. The first kappa shape index (κ1) is 19.1. The van der Waals surface area contributed by atoms with Gasteiger partial charge in [0.1, 0.15) is 5.75 Å². The van der Waals surface area contributed by atoms with Gasteiger partial charge in [-0.05, 0) is 30.2 Å². The second kappa shape index (κ2) is 8.45. The van der Waals surface area contributed by atoms with Crippen molar-refractivity contribution in [3.05, 3.63) is 53.7 Å². The number of carbonyl (C=O) groups is 1. The van der Waals surface area contributed by atoms with E-state index in [9.17, 15) is 4.79 Å². The van der Waals surface area contributed by atoms with E-state index in [0.29, 0.717) is 30.4 Å². The van der Waals surface area contributed by atoms with Crippen molar-refractivity contribution in [2.45, 2.75) is 13.3 Å². The molecule has 3 aromatic rings. The molecule has 0 saturated carbocycles. The number of piperazine rings is 1. The third kappa shape index (κ3) is 4.00. The summed E-state index contributed by atoms with van der Waals surface area (Å²) in [5.74, 6) is 1.10. The number of ether oxygens (including phenoxy) is 1. The number of aromatic nitrogens is 2. The van der Waals surface area contributed by atoms with Gasteiger partial charge in [0.2, 0.25) is 5.95 Å². The Labute approximate surface area is 170 Å². The number of amides is 1. The lowest BCUT2D eigenvalue weighted by molar-refractivity contribution is 0.0735. The van der Waals surface area contributed by atoms with Crippen LogP contribution in [0.2, 0.25) is 0 Å². The summed E-state index contributed by atoms with van der Waals surface area (Å²) < 4.78 is 5.53. The standard InChI is InChI=1S/C22H25N5O2/c1-3-15-5-4-6-17-14-24-22(26-20(15)17)25-18-8-7-16(13-19(18)29-2)21(28)27-11-9-23-10-12-27/h4-8,13-14,23H,3,9-12H2,1-2H3,(H,24,25,26). The molecule has 0 unspecified atom stereocenters. The van der Waals surface area contributed by atoms with Crippen molar-refractivity contribution in [2.75, 3.05) is 38.6 Å². The molecule has 29 heavy (non-hydrogen) atoms. The number of nitrogens with zero attached hydrogens (tertiary/aromatic N) is 3. The number of hydrogen-bond donors (Lipinski definition) is 2. The maximum Gasteiger partial charge on any atom is 0.254 e. The van der Waals surface area contributed by atoms with Crippen molar-refractivity contribution >= 4 is 28.4 Å². The van der Waals surface area contributed by atoms with Gasteiger partial charge in [-0.2, -0.15) is 0 Å². The smallest absolute Gasteiger partial charge is 0.254 e. The quantitative estimate of drug-likeness (QED) is 0.696. The van der Waals surface area contributed by atoms with Gasteiger partial charge in [0.25, 0.3) is 5.91 Å². The molecule has 0 bridgehead atoms. The molecule has 7 heteroatoms. The van der Waals surface area contributed by atoms with Gasteiger partial charge in [-0.1, -0.05) is 25.1 Å². The molecule has 0 atom stereocenters. The number of hydrogen-bond acceptors (Lipinski definition) is 6. The summed E-state index contributed by atoms with van der Waals surface area (Å²) in [5, 5.41) is 7.50. The molecular weight excluding hydrogens is 366 g/mol. The topological polar surface area (TPSA) is 79.4 Å². The lowest BCUT2D eigenvalue weighted by Crippen LogP contribution is -2.46. The van der Waals surface area contributed by atoms with Gasteiger partial charge >= 0.3 is 0 Å². The van der Waals surface area contributed by atoms with Crippen LogP contribution in [0.5, 0.6) is 5.75 Å². The molecule has 150 valence electrons. The summed E-state index contributed by atoms with van der Waals surface area (Å²) in [6, 6.07) is 11.5. The monoisotopic (exact) mass is 391 g/mol. The Morgan fingerprint density at radius 1 is 1.24 bits per heavy atom. The molecule has 1 aliphatic rings. The van der Waals surface area contributed by atoms with Crippen molar-refractivity contribution in [1.82, 2.24) is 20.2 Å². The second-order valence-electron chi connectivity index (χ2n) is 6.98. The zero-order valence-corrected chi connectivity index (χ0v) is 16.7. The highest BCUT2D eigenvalue weighted by molar-refractivity contribution is 5.95. The zero-order valence-electron chi connectivity index (χ0n) is 16.7. The van der Waals surface area contributed by atoms with E-state index in [0.717, 1.165) is 36.1 Å². The number of aryl methyl sites for hydroxylation is 1. The van der Waals surface area contributed by atoms with Crippen LogP contribution in [-0.2, 0) is 6.42 Å². The highest BCUT2D eigenvalue weighted by Crippen LogP contribution is 2.29. The first-order chi connectivity index (χ1) is 14.2. The molecule has 1 aliphatic heterocycles. The molecule has 1 amide bonds. The van der Waals surface area contributed by atoms with E-state index in [1.54, 1.807) is 13.2 Å². The zero-order chi connectivity index (χ0) is 20.2. The van der Waals surface area contributed by atoms with E-state index in [-0.39, 0.29) is 5.91 Å². The molecular formula is C22H25N5O2. The maximum absolute atomic E-state index is 12.8. The van der Waals surface area contributed by atoms with E-state index in [1.165, 1.54) is 5.56 Å². The van der Waals surface area contributed by atoms with Gasteiger partial charge in [0.05, 0.1) is 18.3 Å². The molecule has 0 aliphatic carbocycles. The van der Waals surface area contributed by atoms with Crippen LogP contribution in [0.3, 0.4) is 0 Å². The van der Waals surface area contributed by atoms with Crippen LogP contribution in [0.15, 0.2) is 42.6 Å². The highest BCUT2D eigenvalue weighted by atomic mass is 16.5. The number of nitrogens with one attached hydrogen (secondary N) is 2. The second-order valence-corrected chi connectivity index (χ2v) is 6.98. The molecule has 0 spiro atoms. The molecule has 2 N–H and O–H groups in total. The SMILES string of the molecule is CCc1cccc2cnc(Nc3ccc(C(=O)N4CCNCC4)cc3OC)nc12. The van der Waals surface area contributed by atoms with E-state index in [2.05, 4.69) is 33.6 Å². The van der Waals surface area contributed by atoms with Gasteiger partial charge in [0, 0.05) is 43.3 Å². The molecule has 0 radical (unpaired) electrons. The average molecular weight is 391 g/mol. The Morgan fingerprint density at radius 3 is 2.83 bits per heavy atom. The van der Waals surface area contributed by atoms with Crippen LogP contribution in [-0.4, -0.2) is 54.1 Å². The summed E-state index contributed by atoms with van der Waals surface area (Å²) in [5.41, 5.74) is 3.45. The number of rotatable bonds is 5. The largest absolute Gasteiger partial charge is 0.495 e. The van der Waals surface area contributed by atoms with Crippen molar-refractivity contribution in [1.29, 1.82) is 0 Å². The van der Waals surface area contributed by atoms with Gasteiger partial charge in [-0.25, -0.2) is 9.97 Å². The number of anilines is 2. The summed E-state index contributed by atoms with van der Waals surface area (Å²) in [6.45, 7) is 5.18. The molecule has 2 aromatic carbocycles. The predicted molar refractivity (Wildman–Crippen MR) is 114 cm³/mol. The van der Waals surface area contributed by atoms with Crippen LogP contribution in [0, 0.1) is 0 Å². The lowest BCUT2D eigenvalue weighted by atomic mass is 10.1. The van der Waals surface area contributed by atoms with E-state index in [4.69, 9.17) is 4.74 Å². The Kier molecular flexibility index (Phi) is 5.57. The molecule has 4 rings (SSSR count). The van der Waals surface area contributed by atoms with Crippen molar-refractivity contribution < 1.29 is 9.53 Å². The summed E-state index contributed by atoms with van der Waals surface area (Å²) >= 11 is 0. The Morgan fingerprint density at radius 2 is 2.07 bits per heavy atom. The van der Waals surface area contributed by atoms with Crippen molar-refractivity contribution in [3.63, 3.8) is 0 Å². The van der Waals surface area contributed by atoms with Gasteiger partial charge < -0.3 is 20.3 Å². The van der Waals surface area contributed by atoms with Crippen LogP contribution >= 0.6 is 0 Å². The van der Waals surface area contributed by atoms with E-state index in [1.807, 2.05) is 35.4 Å². The maximum atomic E-state index is 12.8. The number of fused-ring (bicyclic) bond motifs is 1. The number of carbonyl (C=O) groups excluding carboxylic acids is 1. The molecule has 1 fully saturated rings. The fraction of sp³-hybridized carbons (Fsp3) is 0.318. The average Bonchev–Trinajstić information content (AvgIpc) is 2.79. The van der Waals surface area contributed by atoms with Gasteiger partial charge in [-0.15, -0.1) is 0 Å². The molecule has 1 saturated heterocycles. The van der Waals surface area contributed by atoms with Crippen LogP contribution in [0.25, 0.3) is 10.9 Å². The first-order valence-corrected chi connectivity index (χ1v) is 9.89.